The highest BCUT2D eigenvalue weighted by Crippen LogP contribution is 2.31. The normalized spacial score (nSPS) is 17.2. The molecular formula is C26H27F2N9O3S2. The summed E-state index contributed by atoms with van der Waals surface area (Å²) in [6, 6.07) is 6.00. The maximum atomic E-state index is 14.9. The predicted octanol–water partition coefficient (Wildman–Crippen LogP) is 2.01. The standard InChI is InChI=1S/C26H27F2N9O3S2/c27-16-14-17(28)19(35-9-12-42(39)13-10-35)15-18(16)34-6-3-33(4-7-34)5-8-36-23-21(41-26(36)38)24-30-22(20-2-1-11-40-20)32-37(24)25(29)31-23/h1-2,11,14-15H,3-10,12-13H2,(H2,29,31). The SMILES string of the molecule is Nc1nc2c(sc(=O)n2CCN2CCN(c3cc(N4CCS(=O)CC4)c(F)cc3F)CC2)c2nc(-c3ccco3)nn12. The zero-order chi connectivity index (χ0) is 29.0. The van der Waals surface area contributed by atoms with E-state index in [2.05, 4.69) is 20.0 Å². The second kappa shape index (κ2) is 10.7. The van der Waals surface area contributed by atoms with Crippen LogP contribution in [0.15, 0.2) is 39.7 Å². The van der Waals surface area contributed by atoms with Crippen LogP contribution in [0.25, 0.3) is 27.6 Å². The number of fused-ring (bicyclic) bond motifs is 3. The molecule has 2 aliphatic heterocycles. The number of anilines is 3. The molecular weight excluding hydrogens is 588 g/mol. The number of hydrogen-bond acceptors (Lipinski definition) is 11. The number of nitrogens with zero attached hydrogens (tertiary/aromatic N) is 8. The van der Waals surface area contributed by atoms with Gasteiger partial charge in [0.1, 0.15) is 16.3 Å². The fourth-order valence-corrected chi connectivity index (χ4v) is 7.46. The second-order valence-corrected chi connectivity index (χ2v) is 12.9. The van der Waals surface area contributed by atoms with Crippen LogP contribution >= 0.6 is 11.3 Å². The lowest BCUT2D eigenvalue weighted by atomic mass is 10.2. The van der Waals surface area contributed by atoms with Crippen LogP contribution in [0, 0.1) is 11.6 Å². The zero-order valence-electron chi connectivity index (χ0n) is 22.4. The van der Waals surface area contributed by atoms with Gasteiger partial charge < -0.3 is 20.0 Å². The summed E-state index contributed by atoms with van der Waals surface area (Å²) in [5.41, 5.74) is 7.79. The Balaban J connectivity index is 1.05. The zero-order valence-corrected chi connectivity index (χ0v) is 24.0. The first-order chi connectivity index (χ1) is 20.4. The Bertz CT molecular complexity index is 1850. The van der Waals surface area contributed by atoms with E-state index in [1.807, 2.05) is 9.80 Å². The van der Waals surface area contributed by atoms with Crippen molar-refractivity contribution in [2.24, 2.45) is 0 Å². The van der Waals surface area contributed by atoms with Crippen molar-refractivity contribution in [3.05, 3.63) is 51.8 Å². The molecule has 6 heterocycles. The van der Waals surface area contributed by atoms with E-state index in [0.717, 1.165) is 17.4 Å². The van der Waals surface area contributed by atoms with Crippen molar-refractivity contribution in [2.75, 3.05) is 72.9 Å². The maximum absolute atomic E-state index is 14.9. The van der Waals surface area contributed by atoms with Crippen molar-refractivity contribution in [3.63, 3.8) is 0 Å². The van der Waals surface area contributed by atoms with Crippen LogP contribution in [0.1, 0.15) is 0 Å². The molecule has 0 bridgehead atoms. The summed E-state index contributed by atoms with van der Waals surface area (Å²) in [6.07, 6.45) is 1.53. The Morgan fingerprint density at radius 3 is 2.36 bits per heavy atom. The molecule has 220 valence electrons. The summed E-state index contributed by atoms with van der Waals surface area (Å²) in [5.74, 6) is 0.699. The smallest absolute Gasteiger partial charge is 0.309 e. The molecule has 2 aliphatic rings. The fourth-order valence-electron chi connectivity index (χ4n) is 5.48. The van der Waals surface area contributed by atoms with Crippen molar-refractivity contribution >= 4 is 55.5 Å². The van der Waals surface area contributed by atoms with Gasteiger partial charge in [0.15, 0.2) is 17.1 Å². The molecule has 0 spiro atoms. The van der Waals surface area contributed by atoms with E-state index in [0.29, 0.717) is 103 Å². The summed E-state index contributed by atoms with van der Waals surface area (Å²) >= 11 is 1.04. The van der Waals surface area contributed by atoms with Gasteiger partial charge in [-0.1, -0.05) is 11.3 Å². The van der Waals surface area contributed by atoms with E-state index >= 15 is 0 Å². The molecule has 42 heavy (non-hydrogen) atoms. The van der Waals surface area contributed by atoms with Crippen molar-refractivity contribution in [1.82, 2.24) is 29.0 Å². The summed E-state index contributed by atoms with van der Waals surface area (Å²) in [4.78, 5) is 27.8. The highest BCUT2D eigenvalue weighted by Gasteiger charge is 2.25. The fraction of sp³-hybridized carbons (Fsp3) is 0.385. The molecule has 0 saturated carbocycles. The van der Waals surface area contributed by atoms with Crippen molar-refractivity contribution in [1.29, 1.82) is 0 Å². The summed E-state index contributed by atoms with van der Waals surface area (Å²) in [7, 11) is -0.890. The Labute approximate surface area is 244 Å². The number of thiazole rings is 1. The number of piperazine rings is 1. The minimum Gasteiger partial charge on any atom is -0.461 e. The maximum Gasteiger partial charge on any atom is 0.309 e. The highest BCUT2D eigenvalue weighted by atomic mass is 32.2. The average Bonchev–Trinajstić information content (AvgIpc) is 3.73. The van der Waals surface area contributed by atoms with Crippen LogP contribution in [-0.4, -0.2) is 90.6 Å². The molecule has 4 aromatic heterocycles. The molecule has 1 aromatic carbocycles. The first kappa shape index (κ1) is 27.0. The quantitative estimate of drug-likeness (QED) is 0.303. The molecule has 0 radical (unpaired) electrons. The van der Waals surface area contributed by atoms with Crippen LogP contribution in [0.5, 0.6) is 0 Å². The topological polar surface area (TPSA) is 131 Å². The van der Waals surface area contributed by atoms with Crippen LogP contribution in [0.2, 0.25) is 0 Å². The molecule has 12 nitrogen and oxygen atoms in total. The number of rotatable bonds is 6. The number of aromatic nitrogens is 5. The summed E-state index contributed by atoms with van der Waals surface area (Å²) in [6.45, 7) is 4.31. The molecule has 0 amide bonds. The number of hydrogen-bond donors (Lipinski definition) is 1. The molecule has 2 saturated heterocycles. The van der Waals surface area contributed by atoms with Crippen LogP contribution in [0.3, 0.4) is 0 Å². The predicted molar refractivity (Wildman–Crippen MR) is 158 cm³/mol. The van der Waals surface area contributed by atoms with Gasteiger partial charge in [-0.15, -0.1) is 5.10 Å². The van der Waals surface area contributed by atoms with E-state index in [1.165, 1.54) is 10.8 Å². The molecule has 5 aromatic rings. The van der Waals surface area contributed by atoms with Crippen molar-refractivity contribution in [2.45, 2.75) is 6.54 Å². The van der Waals surface area contributed by atoms with E-state index in [9.17, 15) is 17.8 Å². The third-order valence-electron chi connectivity index (χ3n) is 7.75. The van der Waals surface area contributed by atoms with Gasteiger partial charge in [0.05, 0.1) is 17.6 Å². The van der Waals surface area contributed by atoms with Crippen LogP contribution < -0.4 is 20.4 Å². The number of nitrogens with two attached hydrogens (primary N) is 1. The number of furan rings is 1. The van der Waals surface area contributed by atoms with Crippen LogP contribution in [0.4, 0.5) is 26.1 Å². The Hall–Kier alpha value is -3.89. The summed E-state index contributed by atoms with van der Waals surface area (Å²) < 4.78 is 50.2. The minimum absolute atomic E-state index is 0.112. The van der Waals surface area contributed by atoms with Gasteiger partial charge in [-0.2, -0.15) is 9.50 Å². The van der Waals surface area contributed by atoms with Gasteiger partial charge in [-0.3, -0.25) is 18.5 Å². The third kappa shape index (κ3) is 4.82. The monoisotopic (exact) mass is 615 g/mol. The van der Waals surface area contributed by atoms with E-state index in [1.54, 1.807) is 22.8 Å². The molecule has 0 aliphatic carbocycles. The minimum atomic E-state index is -0.890. The second-order valence-electron chi connectivity index (χ2n) is 10.2. The van der Waals surface area contributed by atoms with Gasteiger partial charge >= 0.3 is 4.87 Å². The van der Waals surface area contributed by atoms with Gasteiger partial charge in [0.2, 0.25) is 11.8 Å². The number of halogens is 2. The molecule has 0 atom stereocenters. The van der Waals surface area contributed by atoms with E-state index in [4.69, 9.17) is 10.2 Å². The van der Waals surface area contributed by atoms with Gasteiger partial charge in [0.25, 0.3) is 0 Å². The lowest BCUT2D eigenvalue weighted by Gasteiger charge is -2.37. The average molecular weight is 616 g/mol. The molecule has 7 rings (SSSR count). The summed E-state index contributed by atoms with van der Waals surface area (Å²) in [5, 5.41) is 4.39. The largest absolute Gasteiger partial charge is 0.461 e. The van der Waals surface area contributed by atoms with Crippen LogP contribution in [-0.2, 0) is 17.3 Å². The Morgan fingerprint density at radius 1 is 0.952 bits per heavy atom. The Kier molecular flexibility index (Phi) is 6.90. The first-order valence-electron chi connectivity index (χ1n) is 13.5. The van der Waals surface area contributed by atoms with E-state index < -0.39 is 22.4 Å². The molecule has 16 heteroatoms. The van der Waals surface area contributed by atoms with Gasteiger partial charge in [0, 0.05) is 80.7 Å². The number of nitrogen functional groups attached to an aromatic ring is 1. The third-order valence-corrected chi connectivity index (χ3v) is 9.99. The highest BCUT2D eigenvalue weighted by molar-refractivity contribution is 7.85. The first-order valence-corrected chi connectivity index (χ1v) is 15.8. The van der Waals surface area contributed by atoms with Crippen molar-refractivity contribution in [3.8, 4) is 11.6 Å². The molecule has 2 N–H and O–H groups in total. The molecule has 2 fully saturated rings. The lowest BCUT2D eigenvalue weighted by Crippen LogP contribution is -2.48. The Morgan fingerprint density at radius 2 is 1.67 bits per heavy atom. The molecule has 0 unspecified atom stereocenters. The number of benzene rings is 1. The lowest BCUT2D eigenvalue weighted by molar-refractivity contribution is 0.248. The van der Waals surface area contributed by atoms with E-state index in [-0.39, 0.29) is 10.8 Å². The van der Waals surface area contributed by atoms with Gasteiger partial charge in [-0.05, 0) is 18.2 Å². The van der Waals surface area contributed by atoms with Gasteiger partial charge in [-0.25, -0.2) is 13.8 Å². The van der Waals surface area contributed by atoms with Crippen molar-refractivity contribution < 1.29 is 17.4 Å².